The van der Waals surface area contributed by atoms with Gasteiger partial charge < -0.3 is 9.84 Å². The van der Waals surface area contributed by atoms with Crippen molar-refractivity contribution < 1.29 is 14.2 Å². The van der Waals surface area contributed by atoms with Gasteiger partial charge in [-0.05, 0) is 6.92 Å². The number of aromatic amines is 1. The van der Waals surface area contributed by atoms with Gasteiger partial charge in [-0.1, -0.05) is 13.8 Å². The van der Waals surface area contributed by atoms with Crippen molar-refractivity contribution in [3.8, 4) is 12.3 Å². The van der Waals surface area contributed by atoms with Crippen LogP contribution in [-0.4, -0.2) is 27.4 Å². The zero-order chi connectivity index (χ0) is 15.7. The minimum atomic E-state index is -1.09. The highest BCUT2D eigenvalue weighted by molar-refractivity contribution is 4.89. The molecule has 0 fully saturated rings. The molecule has 0 amide bonds. The SMILES string of the molecule is C#CCC(CO)OC(C)n1cc(F)c(=O)[nH]c1=O.CC. The van der Waals surface area contributed by atoms with Crippen LogP contribution in [0, 0.1) is 18.2 Å². The van der Waals surface area contributed by atoms with E-state index in [1.54, 1.807) is 4.98 Å². The summed E-state index contributed by atoms with van der Waals surface area (Å²) in [5, 5.41) is 8.98. The number of aliphatic hydroxyl groups is 1. The monoisotopic (exact) mass is 286 g/mol. The molecule has 0 aliphatic rings. The highest BCUT2D eigenvalue weighted by atomic mass is 19.1. The van der Waals surface area contributed by atoms with Crippen molar-refractivity contribution in [2.24, 2.45) is 0 Å². The third kappa shape index (κ3) is 4.99. The second kappa shape index (κ2) is 9.07. The van der Waals surface area contributed by atoms with Crippen LogP contribution in [0.25, 0.3) is 0 Å². The number of H-pyrrole nitrogens is 1. The summed E-state index contributed by atoms with van der Waals surface area (Å²) in [5.41, 5.74) is -1.89. The van der Waals surface area contributed by atoms with Crippen LogP contribution in [0.15, 0.2) is 15.8 Å². The molecule has 0 aromatic carbocycles. The number of ether oxygens (including phenoxy) is 1. The lowest BCUT2D eigenvalue weighted by Gasteiger charge is -2.20. The zero-order valence-corrected chi connectivity index (χ0v) is 11.7. The molecule has 6 nitrogen and oxygen atoms in total. The number of nitrogens with one attached hydrogen (secondary N) is 1. The second-order valence-electron chi connectivity index (χ2n) is 3.59. The molecular weight excluding hydrogens is 267 g/mol. The van der Waals surface area contributed by atoms with Crippen LogP contribution in [0.1, 0.15) is 33.4 Å². The summed E-state index contributed by atoms with van der Waals surface area (Å²) in [6.07, 6.45) is 4.45. The summed E-state index contributed by atoms with van der Waals surface area (Å²) in [6.45, 7) is 5.15. The van der Waals surface area contributed by atoms with Crippen molar-refractivity contribution in [3.05, 3.63) is 32.9 Å². The molecule has 1 aromatic rings. The summed E-state index contributed by atoms with van der Waals surface area (Å²) in [4.78, 5) is 24.1. The van der Waals surface area contributed by atoms with E-state index < -0.39 is 29.4 Å². The molecule has 0 spiro atoms. The fraction of sp³-hybridized carbons (Fsp3) is 0.538. The Bertz CT molecular complexity index is 559. The fourth-order valence-electron chi connectivity index (χ4n) is 1.36. The minimum Gasteiger partial charge on any atom is -0.394 e. The first-order valence-electron chi connectivity index (χ1n) is 6.20. The smallest absolute Gasteiger partial charge is 0.330 e. The first kappa shape index (κ1) is 18.1. The van der Waals surface area contributed by atoms with Gasteiger partial charge in [-0.2, -0.15) is 4.39 Å². The number of hydrogen-bond acceptors (Lipinski definition) is 4. The molecule has 2 atom stereocenters. The van der Waals surface area contributed by atoms with Crippen molar-refractivity contribution in [3.63, 3.8) is 0 Å². The van der Waals surface area contributed by atoms with Crippen LogP contribution in [0.4, 0.5) is 4.39 Å². The van der Waals surface area contributed by atoms with Crippen LogP contribution in [0.2, 0.25) is 0 Å². The molecule has 1 aromatic heterocycles. The van der Waals surface area contributed by atoms with Gasteiger partial charge in [0.25, 0.3) is 5.56 Å². The maximum atomic E-state index is 13.0. The first-order valence-corrected chi connectivity index (χ1v) is 6.20. The molecule has 2 N–H and O–H groups in total. The van der Waals surface area contributed by atoms with Gasteiger partial charge in [0, 0.05) is 6.42 Å². The summed E-state index contributed by atoms with van der Waals surface area (Å²) in [5.74, 6) is 1.21. The van der Waals surface area contributed by atoms with Crippen molar-refractivity contribution in [1.82, 2.24) is 9.55 Å². The zero-order valence-electron chi connectivity index (χ0n) is 11.7. The van der Waals surface area contributed by atoms with E-state index in [0.717, 1.165) is 10.8 Å². The van der Waals surface area contributed by atoms with Crippen molar-refractivity contribution in [2.75, 3.05) is 6.61 Å². The molecule has 0 saturated carbocycles. The largest absolute Gasteiger partial charge is 0.394 e. The van der Waals surface area contributed by atoms with Gasteiger partial charge in [0.1, 0.15) is 6.23 Å². The van der Waals surface area contributed by atoms with E-state index in [2.05, 4.69) is 5.92 Å². The standard InChI is InChI=1S/C11H13FN2O4.C2H6/c1-3-4-8(6-15)18-7(2)14-5-9(12)10(16)13-11(14)17;1-2/h1,5,7-8,15H,4,6H2,2H3,(H,13,16,17);1-2H3. The van der Waals surface area contributed by atoms with Gasteiger partial charge in [0.15, 0.2) is 0 Å². The lowest BCUT2D eigenvalue weighted by Crippen LogP contribution is -2.35. The number of halogens is 1. The van der Waals surface area contributed by atoms with Gasteiger partial charge in [0.05, 0.1) is 18.9 Å². The van der Waals surface area contributed by atoms with Crippen LogP contribution in [-0.2, 0) is 4.74 Å². The molecule has 1 rings (SSSR count). The summed E-state index contributed by atoms with van der Waals surface area (Å²) in [6, 6.07) is 0. The van der Waals surface area contributed by atoms with Crippen LogP contribution < -0.4 is 11.2 Å². The summed E-state index contributed by atoms with van der Waals surface area (Å²) < 4.78 is 19.2. The maximum absolute atomic E-state index is 13.0. The summed E-state index contributed by atoms with van der Waals surface area (Å²) >= 11 is 0. The maximum Gasteiger partial charge on any atom is 0.330 e. The summed E-state index contributed by atoms with van der Waals surface area (Å²) in [7, 11) is 0. The second-order valence-corrected chi connectivity index (χ2v) is 3.59. The van der Waals surface area contributed by atoms with E-state index in [0.29, 0.717) is 0 Å². The van der Waals surface area contributed by atoms with E-state index in [-0.39, 0.29) is 13.0 Å². The number of hydrogen-bond donors (Lipinski definition) is 2. The lowest BCUT2D eigenvalue weighted by molar-refractivity contribution is -0.0648. The molecule has 0 aliphatic carbocycles. The number of aromatic nitrogens is 2. The van der Waals surface area contributed by atoms with Crippen molar-refractivity contribution in [1.29, 1.82) is 0 Å². The Balaban J connectivity index is 0.00000172. The lowest BCUT2D eigenvalue weighted by atomic mass is 10.3. The Morgan fingerprint density at radius 1 is 1.55 bits per heavy atom. The highest BCUT2D eigenvalue weighted by Gasteiger charge is 2.15. The van der Waals surface area contributed by atoms with Crippen LogP contribution in [0.3, 0.4) is 0 Å². The molecule has 0 bridgehead atoms. The average Bonchev–Trinajstić information content (AvgIpc) is 2.44. The third-order valence-corrected chi connectivity index (χ3v) is 2.25. The molecule has 0 radical (unpaired) electrons. The van der Waals surface area contributed by atoms with E-state index in [4.69, 9.17) is 16.3 Å². The van der Waals surface area contributed by atoms with E-state index in [1.807, 2.05) is 13.8 Å². The van der Waals surface area contributed by atoms with Gasteiger partial charge in [0.2, 0.25) is 5.82 Å². The normalized spacial score (nSPS) is 12.8. The molecule has 1 heterocycles. The van der Waals surface area contributed by atoms with Gasteiger partial charge in [-0.3, -0.25) is 14.3 Å². The quantitative estimate of drug-likeness (QED) is 0.777. The van der Waals surface area contributed by atoms with Crippen LogP contribution >= 0.6 is 0 Å². The highest BCUT2D eigenvalue weighted by Crippen LogP contribution is 2.09. The van der Waals surface area contributed by atoms with E-state index >= 15 is 0 Å². The molecule has 2 unspecified atom stereocenters. The van der Waals surface area contributed by atoms with Gasteiger partial charge in [-0.25, -0.2) is 4.79 Å². The Kier molecular flexibility index (Phi) is 8.20. The minimum absolute atomic E-state index is 0.154. The molecular formula is C13H19FN2O4. The van der Waals surface area contributed by atoms with Gasteiger partial charge >= 0.3 is 5.69 Å². The van der Waals surface area contributed by atoms with Crippen molar-refractivity contribution >= 4 is 0 Å². The first-order chi connectivity index (χ1) is 9.49. The topological polar surface area (TPSA) is 84.3 Å². The number of nitrogens with zero attached hydrogens (tertiary/aromatic N) is 1. The Hall–Kier alpha value is -1.91. The van der Waals surface area contributed by atoms with E-state index in [9.17, 15) is 14.0 Å². The number of aliphatic hydroxyl groups excluding tert-OH is 1. The Labute approximate surface area is 116 Å². The van der Waals surface area contributed by atoms with Crippen molar-refractivity contribution in [2.45, 2.75) is 39.5 Å². The average molecular weight is 286 g/mol. The number of rotatable bonds is 5. The molecule has 7 heteroatoms. The van der Waals surface area contributed by atoms with Gasteiger partial charge in [-0.15, -0.1) is 12.3 Å². The third-order valence-electron chi connectivity index (χ3n) is 2.25. The Morgan fingerprint density at radius 3 is 2.65 bits per heavy atom. The number of terminal acetylenes is 1. The molecule has 0 aliphatic heterocycles. The molecule has 0 saturated heterocycles. The molecule has 112 valence electrons. The van der Waals surface area contributed by atoms with Crippen LogP contribution in [0.5, 0.6) is 0 Å². The predicted molar refractivity (Wildman–Crippen MR) is 72.7 cm³/mol. The molecule has 20 heavy (non-hydrogen) atoms. The van der Waals surface area contributed by atoms with E-state index in [1.165, 1.54) is 6.92 Å². The Morgan fingerprint density at radius 2 is 2.15 bits per heavy atom. The fourth-order valence-corrected chi connectivity index (χ4v) is 1.36. The predicted octanol–water partition coefficient (Wildman–Crippen LogP) is 0.621.